The summed E-state index contributed by atoms with van der Waals surface area (Å²) in [6.07, 6.45) is -0.206. The summed E-state index contributed by atoms with van der Waals surface area (Å²) in [7, 11) is 0. The van der Waals surface area contributed by atoms with Crippen molar-refractivity contribution >= 4 is 29.1 Å². The van der Waals surface area contributed by atoms with E-state index >= 15 is 0 Å². The number of carbonyl (C=O) groups is 2. The van der Waals surface area contributed by atoms with E-state index in [-0.39, 0.29) is 31.4 Å². The predicted molar refractivity (Wildman–Crippen MR) is 104 cm³/mol. The number of rotatable bonds is 7. The van der Waals surface area contributed by atoms with Crippen LogP contribution >= 0.6 is 11.6 Å². The van der Waals surface area contributed by atoms with Gasteiger partial charge in [0.15, 0.2) is 6.61 Å². The largest absolute Gasteiger partial charge is 0.484 e. The third-order valence-electron chi connectivity index (χ3n) is 3.79. The summed E-state index contributed by atoms with van der Waals surface area (Å²) in [5, 5.41) is 14.6. The quantitative estimate of drug-likeness (QED) is 0.763. The smallest absolute Gasteiger partial charge is 0.262 e. The predicted octanol–water partition coefficient (Wildman–Crippen LogP) is 3.50. The second-order valence-corrected chi connectivity index (χ2v) is 6.35. The molecule has 2 aromatic rings. The molecule has 0 radical (unpaired) electrons. The van der Waals surface area contributed by atoms with Gasteiger partial charge in [0.2, 0.25) is 5.91 Å². The average molecular weight is 386 g/mol. The van der Waals surface area contributed by atoms with Crippen LogP contribution in [0.4, 0.5) is 5.69 Å². The number of para-hydroxylation sites is 1. The first-order valence-corrected chi connectivity index (χ1v) is 8.69. The van der Waals surface area contributed by atoms with Crippen LogP contribution in [0.3, 0.4) is 0 Å². The molecule has 0 atom stereocenters. The average Bonchev–Trinajstić information content (AvgIpc) is 2.64. The van der Waals surface area contributed by atoms with E-state index in [1.165, 1.54) is 0 Å². The zero-order chi connectivity index (χ0) is 19.8. The lowest BCUT2D eigenvalue weighted by molar-refractivity contribution is -0.120. The monoisotopic (exact) mass is 385 g/mol. The number of amides is 2. The summed E-state index contributed by atoms with van der Waals surface area (Å²) in [5.74, 6) is -0.117. The Labute approximate surface area is 163 Å². The molecule has 7 heteroatoms. The number of carbonyl (C=O) groups excluding carboxylic acids is 2. The lowest BCUT2D eigenvalue weighted by atomic mass is 10.1. The van der Waals surface area contributed by atoms with Crippen molar-refractivity contribution < 1.29 is 14.3 Å². The molecule has 0 spiro atoms. The van der Waals surface area contributed by atoms with Gasteiger partial charge in [-0.2, -0.15) is 5.26 Å². The molecule has 0 fully saturated rings. The Balaban J connectivity index is 1.96. The minimum absolute atomic E-state index is 0.157. The van der Waals surface area contributed by atoms with E-state index in [9.17, 15) is 9.59 Å². The Kier molecular flexibility index (Phi) is 7.21. The molecular weight excluding hydrogens is 366 g/mol. The van der Waals surface area contributed by atoms with E-state index in [1.54, 1.807) is 42.5 Å². The van der Waals surface area contributed by atoms with Crippen LogP contribution in [0.15, 0.2) is 36.4 Å². The van der Waals surface area contributed by atoms with E-state index in [2.05, 4.69) is 10.6 Å². The summed E-state index contributed by atoms with van der Waals surface area (Å²) >= 11 is 6.13. The molecule has 0 aliphatic rings. The van der Waals surface area contributed by atoms with Crippen LogP contribution in [0.25, 0.3) is 0 Å². The van der Waals surface area contributed by atoms with E-state index in [4.69, 9.17) is 21.6 Å². The highest BCUT2D eigenvalue weighted by Crippen LogP contribution is 2.25. The number of hydrogen-bond donors (Lipinski definition) is 2. The van der Waals surface area contributed by atoms with Gasteiger partial charge in [-0.1, -0.05) is 29.8 Å². The van der Waals surface area contributed by atoms with Crippen molar-refractivity contribution in [2.24, 2.45) is 0 Å². The first kappa shape index (κ1) is 20.3. The van der Waals surface area contributed by atoms with Gasteiger partial charge in [-0.15, -0.1) is 0 Å². The van der Waals surface area contributed by atoms with Gasteiger partial charge in [-0.25, -0.2) is 0 Å². The molecule has 0 heterocycles. The summed E-state index contributed by atoms with van der Waals surface area (Å²) in [4.78, 5) is 23.7. The Morgan fingerprint density at radius 3 is 2.48 bits per heavy atom. The molecule has 6 nitrogen and oxygen atoms in total. The summed E-state index contributed by atoms with van der Waals surface area (Å²) in [6, 6.07) is 12.5. The highest BCUT2D eigenvalue weighted by atomic mass is 35.5. The van der Waals surface area contributed by atoms with E-state index in [0.717, 1.165) is 16.7 Å². The summed E-state index contributed by atoms with van der Waals surface area (Å²) < 4.78 is 5.55. The molecular formula is C20H20ClN3O3. The molecule has 2 N–H and O–H groups in total. The molecule has 0 aromatic heterocycles. The van der Waals surface area contributed by atoms with Gasteiger partial charge in [-0.3, -0.25) is 9.59 Å². The molecule has 2 aromatic carbocycles. The van der Waals surface area contributed by atoms with Crippen molar-refractivity contribution in [3.63, 3.8) is 0 Å². The third kappa shape index (κ3) is 6.01. The minimum atomic E-state index is -0.365. The maximum absolute atomic E-state index is 12.2. The maximum atomic E-state index is 12.2. The van der Waals surface area contributed by atoms with E-state index < -0.39 is 0 Å². The van der Waals surface area contributed by atoms with Gasteiger partial charge in [0.05, 0.1) is 6.07 Å². The third-order valence-corrected chi connectivity index (χ3v) is 4.38. The van der Waals surface area contributed by atoms with Crippen molar-refractivity contribution in [2.45, 2.75) is 26.8 Å². The molecule has 2 amide bonds. The minimum Gasteiger partial charge on any atom is -0.484 e. The molecule has 2 rings (SSSR count). The summed E-state index contributed by atoms with van der Waals surface area (Å²) in [5.41, 5.74) is 3.07. The second kappa shape index (κ2) is 9.60. The van der Waals surface area contributed by atoms with Crippen LogP contribution in [-0.2, 0) is 16.1 Å². The topological polar surface area (TPSA) is 91.2 Å². The lowest BCUT2D eigenvalue weighted by Crippen LogP contribution is -2.24. The first-order valence-electron chi connectivity index (χ1n) is 8.31. The highest BCUT2D eigenvalue weighted by Gasteiger charge is 2.10. The molecule has 0 aliphatic heterocycles. The second-order valence-electron chi connectivity index (χ2n) is 5.98. The SMILES string of the molecule is Cc1cc(OCC(=O)Nc2ccccc2CNC(=O)CC#N)cc(C)c1Cl. The normalized spacial score (nSPS) is 10.0. The zero-order valence-corrected chi connectivity index (χ0v) is 15.9. The number of hydrogen-bond acceptors (Lipinski definition) is 4. The Morgan fingerprint density at radius 2 is 1.81 bits per heavy atom. The number of anilines is 1. The van der Waals surface area contributed by atoms with Crippen LogP contribution in [0, 0.1) is 25.2 Å². The standard InChI is InChI=1S/C20H20ClN3O3/c1-13-9-16(10-14(2)20(13)21)27-12-19(26)24-17-6-4-3-5-15(17)11-23-18(25)7-8-22/h3-6,9-10H,7,11-12H2,1-2H3,(H,23,25)(H,24,26). The van der Waals surface area contributed by atoms with Gasteiger partial charge in [0.1, 0.15) is 12.2 Å². The fourth-order valence-electron chi connectivity index (χ4n) is 2.45. The van der Waals surface area contributed by atoms with Crippen LogP contribution < -0.4 is 15.4 Å². The van der Waals surface area contributed by atoms with Crippen molar-refractivity contribution in [2.75, 3.05) is 11.9 Å². The molecule has 0 bridgehead atoms. The molecule has 0 saturated heterocycles. The zero-order valence-electron chi connectivity index (χ0n) is 15.1. The molecule has 140 valence electrons. The first-order chi connectivity index (χ1) is 12.9. The van der Waals surface area contributed by atoms with E-state index in [0.29, 0.717) is 16.5 Å². The Hall–Kier alpha value is -3.04. The summed E-state index contributed by atoms with van der Waals surface area (Å²) in [6.45, 7) is 3.81. The van der Waals surface area contributed by atoms with Crippen molar-refractivity contribution in [3.8, 4) is 11.8 Å². The van der Waals surface area contributed by atoms with Crippen molar-refractivity contribution in [1.29, 1.82) is 5.26 Å². The van der Waals surface area contributed by atoms with Crippen molar-refractivity contribution in [3.05, 3.63) is 58.1 Å². The van der Waals surface area contributed by atoms with Gasteiger partial charge < -0.3 is 15.4 Å². The number of nitrogens with zero attached hydrogens (tertiary/aromatic N) is 1. The van der Waals surface area contributed by atoms with Crippen LogP contribution in [0.2, 0.25) is 5.02 Å². The van der Waals surface area contributed by atoms with Crippen LogP contribution in [-0.4, -0.2) is 18.4 Å². The van der Waals surface area contributed by atoms with Crippen LogP contribution in [0.1, 0.15) is 23.1 Å². The van der Waals surface area contributed by atoms with Gasteiger partial charge in [0, 0.05) is 17.3 Å². The number of halogens is 1. The fraction of sp³-hybridized carbons (Fsp3) is 0.250. The van der Waals surface area contributed by atoms with Crippen molar-refractivity contribution in [1.82, 2.24) is 5.32 Å². The number of nitrogens with one attached hydrogen (secondary N) is 2. The highest BCUT2D eigenvalue weighted by molar-refractivity contribution is 6.32. The Bertz CT molecular complexity index is 867. The fourth-order valence-corrected chi connectivity index (χ4v) is 2.56. The molecule has 0 unspecified atom stereocenters. The number of ether oxygens (including phenoxy) is 1. The van der Waals surface area contributed by atoms with Crippen LogP contribution in [0.5, 0.6) is 5.75 Å². The maximum Gasteiger partial charge on any atom is 0.262 e. The number of aryl methyl sites for hydroxylation is 2. The van der Waals surface area contributed by atoms with Gasteiger partial charge >= 0.3 is 0 Å². The van der Waals surface area contributed by atoms with Gasteiger partial charge in [-0.05, 0) is 48.7 Å². The molecule has 0 saturated carbocycles. The molecule has 0 aliphatic carbocycles. The molecule has 27 heavy (non-hydrogen) atoms. The Morgan fingerprint density at radius 1 is 1.15 bits per heavy atom. The number of nitriles is 1. The van der Waals surface area contributed by atoms with E-state index in [1.807, 2.05) is 13.8 Å². The number of benzene rings is 2. The lowest BCUT2D eigenvalue weighted by Gasteiger charge is -2.13. The van der Waals surface area contributed by atoms with Gasteiger partial charge in [0.25, 0.3) is 5.91 Å².